The minimum atomic E-state index is -1.79. The molecule has 0 unspecified atom stereocenters. The van der Waals surface area contributed by atoms with Crippen LogP contribution in [0.25, 0.3) is 0 Å². The zero-order valence-corrected chi connectivity index (χ0v) is 273. The Morgan fingerprint density at radius 2 is 0.138 bits per heavy atom. The number of hydrogen-bond acceptors (Lipinski definition) is 0. The van der Waals surface area contributed by atoms with Crippen molar-refractivity contribution in [1.82, 2.24) is 0 Å². The molecule has 0 nitrogen and oxygen atoms in total. The zero-order valence-electron chi connectivity index (χ0n) is 91.1. The molecular weight excluding hydrogens is 3060 g/mol. The highest BCUT2D eigenvalue weighted by molar-refractivity contribution is 8.85. The molecule has 0 aliphatic heterocycles. The monoisotopic (exact) mass is 3270 g/mol. The fourth-order valence-corrected chi connectivity index (χ4v) is 11100. The quantitative estimate of drug-likeness (QED) is 0.0555. The van der Waals surface area contributed by atoms with E-state index in [0.717, 1.165) is 0 Å². The largest absolute Gasteiger partial charge is 0.0114 e. The van der Waals surface area contributed by atoms with Crippen LogP contribution in [-0.4, -0.2) is 935 Å². The van der Waals surface area contributed by atoms with E-state index in [9.17, 15) is 0 Å². The second-order valence-electron chi connectivity index (χ2n) is 62.9. The molecule has 0 aromatic carbocycles. The Kier molecular flexibility index (Phi) is 48.8. The van der Waals surface area contributed by atoms with Gasteiger partial charge in [-0.3, -0.25) is 0 Å². The molecule has 0 bridgehead atoms. The van der Waals surface area contributed by atoms with Gasteiger partial charge in [0.25, 0.3) is 0 Å². The molecule has 0 saturated carbocycles. The van der Waals surface area contributed by atoms with Crippen molar-refractivity contribution < 1.29 is 0 Å². The lowest BCUT2D eigenvalue weighted by Gasteiger charge is -3.04. The van der Waals surface area contributed by atoms with E-state index in [0.29, 0.717) is 0 Å². The van der Waals surface area contributed by atoms with E-state index < -0.39 is 222 Å². The minimum absolute atomic E-state index is 0.441. The van der Waals surface area contributed by atoms with Crippen LogP contribution >= 0.6 is 0 Å². The average molecular weight is 3280 g/mol. The molecule has 109 heavy (non-hydrogen) atoms. The van der Waals surface area contributed by atoms with Crippen molar-refractivity contribution in [2.24, 2.45) is 0 Å². The molecule has 0 saturated heterocycles. The maximum Gasteiger partial charge on any atom is -0.0000815 e. The Bertz CT molecular complexity index is 2380. The summed E-state index contributed by atoms with van der Waals surface area (Å²) in [4.78, 5) is 0. The van der Waals surface area contributed by atoms with Crippen LogP contribution < -0.4 is 0 Å². The molecule has 0 radical (unpaired) electrons. The van der Waals surface area contributed by atoms with Gasteiger partial charge in [-0.2, -0.15) is 0 Å². The summed E-state index contributed by atoms with van der Waals surface area (Å²) in [5.74, 6) is 0. The van der Waals surface area contributed by atoms with E-state index in [4.69, 9.17) is 0 Å². The van der Waals surface area contributed by atoms with Crippen LogP contribution in [0.4, 0.5) is 0 Å². The highest BCUT2D eigenvalue weighted by atomic mass is 31.2. The normalized spacial score (nSPS) is 35.3. The molecule has 109 heteroatoms. The van der Waals surface area contributed by atoms with Crippen LogP contribution in [0.2, 0.25) is 0 Å². The molecule has 0 fully saturated rings. The first-order valence-corrected chi connectivity index (χ1v) is 409. The van der Waals surface area contributed by atoms with Crippen molar-refractivity contribution in [2.45, 2.75) is 0 Å². The summed E-state index contributed by atoms with van der Waals surface area (Å²) < 4.78 is 0. The molecule has 0 heterocycles. The predicted molar refractivity (Wildman–Crippen MR) is 934 cm³/mol. The molecule has 0 atom stereocenters. The average Bonchev–Trinajstić information content (AvgIpc) is 0.566. The van der Waals surface area contributed by atoms with E-state index in [1.165, 1.54) is 0 Å². The lowest BCUT2D eigenvalue weighted by Crippen LogP contribution is -3.42. The molecule has 0 aromatic heterocycles. The van der Waals surface area contributed by atoms with Crippen molar-refractivity contribution in [3.8, 4) is 0 Å². The summed E-state index contributed by atoms with van der Waals surface area (Å²) in [5, 5.41) is 0. The van der Waals surface area contributed by atoms with Crippen molar-refractivity contribution in [3.63, 3.8) is 0 Å². The van der Waals surface area contributed by atoms with Crippen LogP contribution in [-0.2, 0) is 0 Å². The topological polar surface area (TPSA) is 0 Å². The first kappa shape index (κ1) is 133. The van der Waals surface area contributed by atoms with Gasteiger partial charge in [0.15, 0.2) is 0 Å². The van der Waals surface area contributed by atoms with Crippen molar-refractivity contribution in [1.29, 1.82) is 0 Å². The summed E-state index contributed by atoms with van der Waals surface area (Å²) >= 11 is 0. The molecule has 656 valence electrons. The minimum Gasteiger partial charge on any atom is -0.0114 e. The van der Waals surface area contributed by atoms with Crippen LogP contribution in [0.1, 0.15) is 0 Å². The van der Waals surface area contributed by atoms with E-state index in [1.807, 2.05) is 0 Å². The fraction of sp³-hybridized carbons (Fsp3) is 0. The smallest absolute Gasteiger partial charge is 0.0000815 e. The predicted octanol–water partition coefficient (Wildman–Crippen LogP) is -100. The van der Waals surface area contributed by atoms with Gasteiger partial charge in [0.2, 0.25) is 0 Å². The molecule has 0 spiro atoms. The van der Waals surface area contributed by atoms with Crippen LogP contribution in [0.15, 0.2) is 0 Å². The lowest BCUT2D eigenvalue weighted by atomic mass is 25.0. The Hall–Kier alpha value is 23.6. The first-order chi connectivity index (χ1) is 45.4. The van der Waals surface area contributed by atoms with Crippen LogP contribution in [0.3, 0.4) is 0 Å². The highest BCUT2D eigenvalue weighted by Gasteiger charge is 3.09. The molecule has 0 N–H and O–H groups in total. The van der Waals surface area contributed by atoms with Crippen molar-refractivity contribution in [3.05, 3.63) is 0 Å². The number of rotatable bonds is 35. The van der Waals surface area contributed by atoms with E-state index in [-0.39, 0.29) is 0 Å². The van der Waals surface area contributed by atoms with Gasteiger partial charge in [-0.15, -0.1) is 0 Å². The van der Waals surface area contributed by atoms with Gasteiger partial charge in [0.1, 0.15) is 0 Å². The number of hydrogen-bond donors (Lipinski definition) is 0. The second-order valence-corrected chi connectivity index (χ2v) is 1700. The Balaban J connectivity index is 20.6. The van der Waals surface area contributed by atoms with Gasteiger partial charge in [-0.1, -0.05) is 0 Å². The molecule has 0 aliphatic rings. The molecule has 0 amide bonds. The third kappa shape index (κ3) is 19.6. The highest BCUT2D eigenvalue weighted by Crippen LogP contribution is 2.71. The van der Waals surface area contributed by atoms with Gasteiger partial charge in [-0.25, -0.2) is 0 Å². The molecule has 0 rings (SSSR count). The van der Waals surface area contributed by atoms with Gasteiger partial charge < -0.3 is 0 Å². The third-order valence-electron chi connectivity index (χ3n) is 33.9. The van der Waals surface area contributed by atoms with Crippen LogP contribution in [0.5, 0.6) is 0 Å². The Morgan fingerprint density at radius 1 is 0.0826 bits per heavy atom. The fourth-order valence-electron chi connectivity index (χ4n) is 45.6. The van der Waals surface area contributed by atoms with Crippen molar-refractivity contribution >= 4 is 935 Å². The molecule has 0 aliphatic carbocycles. The maximum atomic E-state index is 2.48. The van der Waals surface area contributed by atoms with Gasteiger partial charge in [0.05, 0.1) is 0 Å². The second kappa shape index (κ2) is 40.1. The SMILES string of the molecule is [SiH3][SiH]([SiH3])[Si]([SiH3])([SiH3])[Si]([Si]([SiH3])([SiH3])[SiH3])([Si]([SiH3])([SiH3])[SiH3])[Si]([Si]([Si]([SiH3])([SiH3])[SiH3])([Si]([SiH3])([SiH3])[SiH3])[Si]([SiH3])([SiH3])[SiH3])([Si]([Si]([Si]([SiH3])([SiH3])[SiH3])([Si]([SiH3])([SiH3])[SiH3])[Si]([SiH3])([SiH3])[SiH3])([Si]([Si]([SiH3])([SiH3])[SiH3])([Si]([SiH3])([SiH3])[SiH3])[Si]([SiH3])([SiH3])[SiH3])[Si]([Si]([SiH3])([SiH3])[SiH3])([Si]([SiH3])([SiH3])[SiH3])[Si]([SiH3])([SiH3])[SiH3])[Si]([Si]([Si]([SiH3])([SiH3])[SiH3])([Si]([SiH3])([SiH3])[SiH3])[Si]([SiH3])([SiH3])[SiH3])([Si]([Si]([SiH3])([SiH3])[SiH3])([Si]([SiH3])([SiH3])[SiH3])[Si]([SiH3])([SiH3])[SiH3])[Si]([Si]([SiH3])([SiH3])[SiH3])([Si]([SiH3])([SiH3])[SiH3])[Si]([SiH3])([SiH3])[SiH3]. The van der Waals surface area contributed by atoms with Gasteiger partial charge in [-0.05, 0) is 935 Å². The van der Waals surface area contributed by atoms with Crippen LogP contribution in [0, 0.1) is 0 Å². The Labute approximate surface area is 915 Å². The van der Waals surface area contributed by atoms with E-state index in [1.54, 1.807) is 0 Å². The standard InChI is InChI=1S/H220Si109/c1-74(2)98(72,73)106(96(66,67)68,97(69,70)71)109(105(93(57,58)59,94(60,61)62)95(63,64)65,107(99(75(3,4)5,76(6,7)8)77(9,10)11,100(78(12,13)14,79(15,16)17)80(18,19)20)101(81(21,22)23,82(24,25)26)83(27,28)29)108(102(84(30,31)32,85(33,34)35)86(36,37)38,103(87(39,40)41,88(42,43)44)89(45,46)47)104(90(48,49)50,91(51,52)53)92(54,55)56/h74H,1-73H3. The zero-order chi connectivity index (χ0) is 91.1. The van der Waals surface area contributed by atoms with E-state index in [2.05, 4.69) is 712 Å². The first-order valence-electron chi connectivity index (χ1n) is 45.4. The summed E-state index contributed by atoms with van der Waals surface area (Å²) in [7, 11) is 174. The van der Waals surface area contributed by atoms with E-state index >= 15 is 0 Å². The molecule has 0 aromatic rings. The third-order valence-corrected chi connectivity index (χ3v) is 2750. The summed E-state index contributed by atoms with van der Waals surface area (Å²) in [5.41, 5.74) is 0. The maximum absolute atomic E-state index is 2.48. The van der Waals surface area contributed by atoms with Gasteiger partial charge >= 0.3 is 0 Å². The van der Waals surface area contributed by atoms with Crippen molar-refractivity contribution in [2.75, 3.05) is 0 Å². The summed E-state index contributed by atoms with van der Waals surface area (Å²) in [6, 6.07) is 0. The summed E-state index contributed by atoms with van der Waals surface area (Å²) in [6.45, 7) is 0. The summed E-state index contributed by atoms with van der Waals surface area (Å²) in [6.07, 6.45) is -43.8. The molecular formula is H220Si109. The lowest BCUT2D eigenvalue weighted by molar-refractivity contribution is 2.72. The van der Waals surface area contributed by atoms with Gasteiger partial charge in [0, 0.05) is 0 Å². The Morgan fingerprint density at radius 3 is 0.183 bits per heavy atom.